The van der Waals surface area contributed by atoms with Gasteiger partial charge < -0.3 is 16.3 Å². The average Bonchev–Trinajstić information content (AvgIpc) is 2.77. The standard InChI is InChI=1S/C9H13N3O2S/c1-6(8(10)12-14)5-11-9(13)7-3-2-4-15-7/h2-4,6,14H,5H2,1H3,(H2,10,12)(H,11,13). The Hall–Kier alpha value is -1.56. The van der Waals surface area contributed by atoms with Crippen LogP contribution in [0.1, 0.15) is 16.6 Å². The smallest absolute Gasteiger partial charge is 0.261 e. The van der Waals surface area contributed by atoms with Gasteiger partial charge in [-0.15, -0.1) is 11.3 Å². The van der Waals surface area contributed by atoms with E-state index in [0.717, 1.165) is 0 Å². The number of oxime groups is 1. The second-order valence-electron chi connectivity index (χ2n) is 3.11. The predicted octanol–water partition coefficient (Wildman–Crippen LogP) is 0.860. The lowest BCUT2D eigenvalue weighted by atomic mass is 10.1. The van der Waals surface area contributed by atoms with E-state index in [1.165, 1.54) is 11.3 Å². The Labute approximate surface area is 91.6 Å². The maximum atomic E-state index is 11.5. The first kappa shape index (κ1) is 11.5. The van der Waals surface area contributed by atoms with E-state index in [0.29, 0.717) is 11.4 Å². The van der Waals surface area contributed by atoms with Crippen LogP contribution in [-0.2, 0) is 0 Å². The third kappa shape index (κ3) is 3.25. The first-order valence-electron chi connectivity index (χ1n) is 4.44. The maximum absolute atomic E-state index is 11.5. The summed E-state index contributed by atoms with van der Waals surface area (Å²) in [6.07, 6.45) is 0. The van der Waals surface area contributed by atoms with E-state index in [1.54, 1.807) is 13.0 Å². The van der Waals surface area contributed by atoms with Crippen LogP contribution in [0.3, 0.4) is 0 Å². The lowest BCUT2D eigenvalue weighted by molar-refractivity contribution is 0.0955. The molecule has 0 spiro atoms. The van der Waals surface area contributed by atoms with Gasteiger partial charge >= 0.3 is 0 Å². The SMILES string of the molecule is CC(CNC(=O)c1cccs1)C(N)=NO. The van der Waals surface area contributed by atoms with Crippen molar-refractivity contribution in [2.45, 2.75) is 6.92 Å². The number of carbonyl (C=O) groups excluding carboxylic acids is 1. The van der Waals surface area contributed by atoms with Crippen molar-refractivity contribution < 1.29 is 10.0 Å². The number of rotatable bonds is 4. The Morgan fingerprint density at radius 3 is 3.07 bits per heavy atom. The van der Waals surface area contributed by atoms with Gasteiger partial charge in [-0.05, 0) is 11.4 Å². The summed E-state index contributed by atoms with van der Waals surface area (Å²) in [4.78, 5) is 12.1. The molecule has 0 aliphatic heterocycles. The van der Waals surface area contributed by atoms with Gasteiger partial charge in [0, 0.05) is 12.5 Å². The lowest BCUT2D eigenvalue weighted by Gasteiger charge is -2.09. The summed E-state index contributed by atoms with van der Waals surface area (Å²) < 4.78 is 0. The van der Waals surface area contributed by atoms with E-state index < -0.39 is 0 Å². The molecule has 0 fully saturated rings. The van der Waals surface area contributed by atoms with E-state index >= 15 is 0 Å². The van der Waals surface area contributed by atoms with Crippen molar-refractivity contribution in [1.29, 1.82) is 0 Å². The van der Waals surface area contributed by atoms with Crippen LogP contribution in [0.2, 0.25) is 0 Å². The highest BCUT2D eigenvalue weighted by Crippen LogP contribution is 2.07. The minimum absolute atomic E-state index is 0.112. The molecular formula is C9H13N3O2S. The number of thiophene rings is 1. The third-order valence-electron chi connectivity index (χ3n) is 1.93. The minimum atomic E-state index is -0.182. The molecule has 6 heteroatoms. The van der Waals surface area contributed by atoms with Gasteiger partial charge in [-0.1, -0.05) is 18.1 Å². The largest absolute Gasteiger partial charge is 0.409 e. The second kappa shape index (κ2) is 5.35. The molecule has 1 heterocycles. The Balaban J connectivity index is 2.41. The number of nitrogens with zero attached hydrogens (tertiary/aromatic N) is 1. The highest BCUT2D eigenvalue weighted by molar-refractivity contribution is 7.12. The highest BCUT2D eigenvalue weighted by atomic mass is 32.1. The molecule has 0 saturated heterocycles. The van der Waals surface area contributed by atoms with Crippen LogP contribution in [0.5, 0.6) is 0 Å². The van der Waals surface area contributed by atoms with Crippen LogP contribution in [0.25, 0.3) is 0 Å². The molecule has 0 aliphatic carbocycles. The molecule has 82 valence electrons. The van der Waals surface area contributed by atoms with Gasteiger partial charge in [-0.3, -0.25) is 4.79 Å². The summed E-state index contributed by atoms with van der Waals surface area (Å²) in [6, 6.07) is 3.56. The van der Waals surface area contributed by atoms with Crippen LogP contribution in [-0.4, -0.2) is 23.5 Å². The zero-order chi connectivity index (χ0) is 11.3. The Bertz CT molecular complexity index is 348. The van der Waals surface area contributed by atoms with E-state index in [9.17, 15) is 4.79 Å². The molecule has 5 nitrogen and oxygen atoms in total. The first-order valence-corrected chi connectivity index (χ1v) is 5.32. The Kier molecular flexibility index (Phi) is 4.11. The lowest BCUT2D eigenvalue weighted by Crippen LogP contribution is -2.34. The van der Waals surface area contributed by atoms with Gasteiger partial charge in [0.1, 0.15) is 5.84 Å². The molecule has 0 aliphatic rings. The molecule has 1 amide bonds. The third-order valence-corrected chi connectivity index (χ3v) is 2.80. The van der Waals surface area contributed by atoms with Crippen molar-refractivity contribution in [2.24, 2.45) is 16.8 Å². The monoisotopic (exact) mass is 227 g/mol. The van der Waals surface area contributed by atoms with E-state index in [1.807, 2.05) is 11.4 Å². The fourth-order valence-corrected chi connectivity index (χ4v) is 1.58. The molecule has 1 aromatic rings. The van der Waals surface area contributed by atoms with E-state index in [2.05, 4.69) is 10.5 Å². The first-order chi connectivity index (χ1) is 7.15. The number of amides is 1. The van der Waals surface area contributed by atoms with E-state index in [-0.39, 0.29) is 17.7 Å². The van der Waals surface area contributed by atoms with Crippen LogP contribution in [0, 0.1) is 5.92 Å². The summed E-state index contributed by atoms with van der Waals surface area (Å²) >= 11 is 1.37. The number of nitrogens with one attached hydrogen (secondary N) is 1. The topological polar surface area (TPSA) is 87.7 Å². The molecule has 0 bridgehead atoms. The molecule has 0 radical (unpaired) electrons. The number of hydrogen-bond donors (Lipinski definition) is 3. The summed E-state index contributed by atoms with van der Waals surface area (Å²) in [5, 5.41) is 15.8. The van der Waals surface area contributed by atoms with Crippen molar-refractivity contribution in [1.82, 2.24) is 5.32 Å². The number of hydrogen-bond acceptors (Lipinski definition) is 4. The summed E-state index contributed by atoms with van der Waals surface area (Å²) in [5.41, 5.74) is 5.37. The summed E-state index contributed by atoms with van der Waals surface area (Å²) in [7, 11) is 0. The molecule has 1 atom stereocenters. The normalized spacial score (nSPS) is 13.5. The van der Waals surface area contributed by atoms with Crippen molar-refractivity contribution >= 4 is 23.1 Å². The molecule has 0 aromatic carbocycles. The Morgan fingerprint density at radius 2 is 2.53 bits per heavy atom. The molecular weight excluding hydrogens is 214 g/mol. The van der Waals surface area contributed by atoms with Crippen LogP contribution >= 0.6 is 11.3 Å². The van der Waals surface area contributed by atoms with Crippen LogP contribution in [0.4, 0.5) is 0 Å². The van der Waals surface area contributed by atoms with Gasteiger partial charge in [0.25, 0.3) is 5.91 Å². The van der Waals surface area contributed by atoms with Crippen molar-refractivity contribution in [3.63, 3.8) is 0 Å². The zero-order valence-corrected chi connectivity index (χ0v) is 9.12. The van der Waals surface area contributed by atoms with Crippen LogP contribution in [0.15, 0.2) is 22.7 Å². The average molecular weight is 227 g/mol. The van der Waals surface area contributed by atoms with Crippen molar-refractivity contribution in [3.05, 3.63) is 22.4 Å². The van der Waals surface area contributed by atoms with Gasteiger partial charge in [0.2, 0.25) is 0 Å². The summed E-state index contributed by atoms with van der Waals surface area (Å²) in [6.45, 7) is 2.12. The van der Waals surface area contributed by atoms with E-state index in [4.69, 9.17) is 10.9 Å². The van der Waals surface area contributed by atoms with Crippen molar-refractivity contribution in [2.75, 3.05) is 6.54 Å². The molecule has 1 unspecified atom stereocenters. The predicted molar refractivity (Wildman–Crippen MR) is 59.2 cm³/mol. The molecule has 1 rings (SSSR count). The highest BCUT2D eigenvalue weighted by Gasteiger charge is 2.11. The number of amidine groups is 1. The fraction of sp³-hybridized carbons (Fsp3) is 0.333. The number of carbonyl (C=O) groups is 1. The molecule has 0 saturated carbocycles. The number of nitrogens with two attached hydrogens (primary N) is 1. The van der Waals surface area contributed by atoms with Gasteiger partial charge in [-0.2, -0.15) is 0 Å². The fourth-order valence-electron chi connectivity index (χ4n) is 0.944. The van der Waals surface area contributed by atoms with Gasteiger partial charge in [-0.25, -0.2) is 0 Å². The molecule has 1 aromatic heterocycles. The van der Waals surface area contributed by atoms with Crippen molar-refractivity contribution in [3.8, 4) is 0 Å². The second-order valence-corrected chi connectivity index (χ2v) is 4.06. The molecule has 4 N–H and O–H groups in total. The molecule has 15 heavy (non-hydrogen) atoms. The van der Waals surface area contributed by atoms with Gasteiger partial charge in [0.15, 0.2) is 0 Å². The van der Waals surface area contributed by atoms with Crippen LogP contribution < -0.4 is 11.1 Å². The maximum Gasteiger partial charge on any atom is 0.261 e. The minimum Gasteiger partial charge on any atom is -0.409 e. The summed E-state index contributed by atoms with van der Waals surface area (Å²) in [5.74, 6) is -0.206. The van der Waals surface area contributed by atoms with Gasteiger partial charge in [0.05, 0.1) is 4.88 Å². The zero-order valence-electron chi connectivity index (χ0n) is 8.30. The quantitative estimate of drug-likeness (QED) is 0.308. The Morgan fingerprint density at radius 1 is 1.80 bits per heavy atom.